The van der Waals surface area contributed by atoms with Crippen LogP contribution in [-0.4, -0.2) is 46.4 Å². The van der Waals surface area contributed by atoms with Crippen LogP contribution < -0.4 is 4.90 Å². The summed E-state index contributed by atoms with van der Waals surface area (Å²) in [5.74, 6) is 1.40. The number of hydrogen-bond donors (Lipinski definition) is 1. The number of halogens is 1. The molecule has 1 aliphatic rings. The summed E-state index contributed by atoms with van der Waals surface area (Å²) < 4.78 is 5.89. The molecule has 1 aromatic heterocycles. The summed E-state index contributed by atoms with van der Waals surface area (Å²) in [5.41, 5.74) is 1.70. The fourth-order valence-corrected chi connectivity index (χ4v) is 3.57. The Bertz CT molecular complexity index is 922. The lowest BCUT2D eigenvalue weighted by molar-refractivity contribution is 0.173. The molecule has 7 heteroatoms. The summed E-state index contributed by atoms with van der Waals surface area (Å²) >= 11 is 6.04. The fraction of sp³-hybridized carbons (Fsp3) is 0.300. The lowest BCUT2D eigenvalue weighted by Gasteiger charge is -2.38. The number of hydrogen-bond acceptors (Lipinski definition) is 6. The zero-order valence-corrected chi connectivity index (χ0v) is 15.8. The number of phenolic OH excluding ortho intramolecular Hbond substituents is 1. The molecule has 1 fully saturated rings. The number of anilines is 1. The second-order valence-corrected chi connectivity index (χ2v) is 7.08. The first-order chi connectivity index (χ1) is 13.1. The Morgan fingerprint density at radius 2 is 1.81 bits per heavy atom. The lowest BCUT2D eigenvalue weighted by Crippen LogP contribution is -2.47. The standard InChI is InChI=1S/C20H21ClN4O2/c1-14(19-22-23-20(27-19)15-5-4-6-16(21)13-15)24-9-11-25(12-10-24)17-7-2-3-8-18(17)26/h2-8,13-14,26H,9-12H2,1H3/t14-/m0/s1. The molecule has 27 heavy (non-hydrogen) atoms. The van der Waals surface area contributed by atoms with E-state index in [0.29, 0.717) is 22.6 Å². The highest BCUT2D eigenvalue weighted by Crippen LogP contribution is 2.30. The quantitative estimate of drug-likeness (QED) is 0.734. The second-order valence-electron chi connectivity index (χ2n) is 6.64. The normalized spacial score (nSPS) is 16.4. The van der Waals surface area contributed by atoms with Crippen molar-refractivity contribution < 1.29 is 9.52 Å². The SMILES string of the molecule is C[C@@H](c1nnc(-c2cccc(Cl)c2)o1)N1CCN(c2ccccc2O)CC1. The highest BCUT2D eigenvalue weighted by molar-refractivity contribution is 6.30. The van der Waals surface area contributed by atoms with Gasteiger partial charge in [-0.2, -0.15) is 0 Å². The van der Waals surface area contributed by atoms with E-state index in [-0.39, 0.29) is 6.04 Å². The van der Waals surface area contributed by atoms with Crippen molar-refractivity contribution in [1.82, 2.24) is 15.1 Å². The van der Waals surface area contributed by atoms with Crippen molar-refractivity contribution in [3.8, 4) is 17.2 Å². The maximum absolute atomic E-state index is 10.0. The first-order valence-electron chi connectivity index (χ1n) is 8.98. The summed E-state index contributed by atoms with van der Waals surface area (Å²) in [6.07, 6.45) is 0. The van der Waals surface area contributed by atoms with Crippen molar-refractivity contribution in [2.75, 3.05) is 31.1 Å². The van der Waals surface area contributed by atoms with Gasteiger partial charge >= 0.3 is 0 Å². The van der Waals surface area contributed by atoms with Gasteiger partial charge in [0.1, 0.15) is 5.75 Å². The molecular weight excluding hydrogens is 364 g/mol. The first-order valence-corrected chi connectivity index (χ1v) is 9.36. The minimum Gasteiger partial charge on any atom is -0.506 e. The molecule has 0 aliphatic carbocycles. The van der Waals surface area contributed by atoms with Gasteiger partial charge in [0, 0.05) is 36.8 Å². The van der Waals surface area contributed by atoms with Gasteiger partial charge in [-0.25, -0.2) is 0 Å². The van der Waals surface area contributed by atoms with Crippen molar-refractivity contribution in [2.45, 2.75) is 13.0 Å². The summed E-state index contributed by atoms with van der Waals surface area (Å²) in [6, 6.07) is 14.9. The van der Waals surface area contributed by atoms with E-state index >= 15 is 0 Å². The van der Waals surface area contributed by atoms with Gasteiger partial charge in [0.25, 0.3) is 0 Å². The van der Waals surface area contributed by atoms with Crippen LogP contribution in [0.15, 0.2) is 52.9 Å². The summed E-state index contributed by atoms with van der Waals surface area (Å²) in [6.45, 7) is 5.44. The number of aromatic hydroxyl groups is 1. The maximum Gasteiger partial charge on any atom is 0.247 e. The van der Waals surface area contributed by atoms with Gasteiger partial charge in [-0.05, 0) is 37.3 Å². The molecule has 0 unspecified atom stereocenters. The van der Waals surface area contributed by atoms with Crippen LogP contribution in [0.3, 0.4) is 0 Å². The van der Waals surface area contributed by atoms with Crippen LogP contribution in [0, 0.1) is 0 Å². The molecule has 1 aliphatic heterocycles. The zero-order valence-electron chi connectivity index (χ0n) is 15.0. The van der Waals surface area contributed by atoms with Gasteiger partial charge in [0.05, 0.1) is 11.7 Å². The van der Waals surface area contributed by atoms with E-state index in [0.717, 1.165) is 37.4 Å². The van der Waals surface area contributed by atoms with Gasteiger partial charge in [-0.1, -0.05) is 29.8 Å². The number of nitrogens with zero attached hydrogens (tertiary/aromatic N) is 4. The van der Waals surface area contributed by atoms with Crippen molar-refractivity contribution in [1.29, 1.82) is 0 Å². The van der Waals surface area contributed by atoms with Gasteiger partial charge in [0.2, 0.25) is 11.8 Å². The molecule has 1 saturated heterocycles. The summed E-state index contributed by atoms with van der Waals surface area (Å²) in [4.78, 5) is 4.51. The van der Waals surface area contributed by atoms with Gasteiger partial charge in [-0.15, -0.1) is 10.2 Å². The van der Waals surface area contributed by atoms with Crippen LogP contribution in [0.25, 0.3) is 11.5 Å². The number of phenols is 1. The van der Waals surface area contributed by atoms with Crippen LogP contribution in [0.2, 0.25) is 5.02 Å². The predicted octanol–water partition coefficient (Wildman–Crippen LogP) is 3.98. The molecule has 1 atom stereocenters. The van der Waals surface area contributed by atoms with Gasteiger partial charge in [-0.3, -0.25) is 4.90 Å². The number of aromatic nitrogens is 2. The van der Waals surface area contributed by atoms with E-state index in [1.54, 1.807) is 6.07 Å². The average molecular weight is 385 g/mol. The largest absolute Gasteiger partial charge is 0.506 e. The van der Waals surface area contributed by atoms with Crippen molar-refractivity contribution in [3.05, 3.63) is 59.4 Å². The number of benzene rings is 2. The molecule has 0 spiro atoms. The molecule has 0 saturated carbocycles. The molecule has 3 aromatic rings. The minimum absolute atomic E-state index is 0.0250. The van der Waals surface area contributed by atoms with Crippen LogP contribution in [-0.2, 0) is 0 Å². The Morgan fingerprint density at radius 3 is 2.56 bits per heavy atom. The zero-order chi connectivity index (χ0) is 18.8. The Morgan fingerprint density at radius 1 is 1.04 bits per heavy atom. The Hall–Kier alpha value is -2.57. The summed E-state index contributed by atoms with van der Waals surface area (Å²) in [5, 5.41) is 19.1. The molecule has 2 heterocycles. The van der Waals surface area contributed by atoms with Crippen molar-refractivity contribution >= 4 is 17.3 Å². The maximum atomic E-state index is 10.0. The highest BCUT2D eigenvalue weighted by Gasteiger charge is 2.26. The van der Waals surface area contributed by atoms with E-state index in [2.05, 4.69) is 26.9 Å². The third-order valence-corrected chi connectivity index (χ3v) is 5.19. The Balaban J connectivity index is 1.43. The third-order valence-electron chi connectivity index (χ3n) is 4.95. The molecule has 140 valence electrons. The smallest absolute Gasteiger partial charge is 0.247 e. The molecule has 0 amide bonds. The number of rotatable bonds is 4. The fourth-order valence-electron chi connectivity index (χ4n) is 3.38. The van der Waals surface area contributed by atoms with E-state index in [1.807, 2.05) is 42.5 Å². The van der Waals surface area contributed by atoms with Crippen molar-refractivity contribution in [2.24, 2.45) is 0 Å². The second kappa shape index (κ2) is 7.58. The highest BCUT2D eigenvalue weighted by atomic mass is 35.5. The average Bonchev–Trinajstić information content (AvgIpc) is 3.18. The Kier molecular flexibility index (Phi) is 5.01. The lowest BCUT2D eigenvalue weighted by atomic mass is 10.2. The van der Waals surface area contributed by atoms with Gasteiger partial charge in [0.15, 0.2) is 0 Å². The monoisotopic (exact) mass is 384 g/mol. The molecule has 0 radical (unpaired) electrons. The summed E-state index contributed by atoms with van der Waals surface area (Å²) in [7, 11) is 0. The molecule has 1 N–H and O–H groups in total. The van der Waals surface area contributed by atoms with E-state index in [1.165, 1.54) is 0 Å². The number of piperazine rings is 1. The topological polar surface area (TPSA) is 65.6 Å². The molecule has 4 rings (SSSR count). The molecule has 0 bridgehead atoms. The predicted molar refractivity (Wildman–Crippen MR) is 105 cm³/mol. The van der Waals surface area contributed by atoms with Crippen LogP contribution in [0.4, 0.5) is 5.69 Å². The Labute approximate surface area is 163 Å². The van der Waals surface area contributed by atoms with Crippen LogP contribution in [0.5, 0.6) is 5.75 Å². The van der Waals surface area contributed by atoms with E-state index < -0.39 is 0 Å². The molecule has 6 nitrogen and oxygen atoms in total. The third kappa shape index (κ3) is 3.77. The number of para-hydroxylation sites is 2. The van der Waals surface area contributed by atoms with E-state index in [4.69, 9.17) is 16.0 Å². The molecular formula is C20H21ClN4O2. The first kappa shape index (κ1) is 17.8. The van der Waals surface area contributed by atoms with Crippen LogP contribution >= 0.6 is 11.6 Å². The van der Waals surface area contributed by atoms with E-state index in [9.17, 15) is 5.11 Å². The minimum atomic E-state index is 0.0250. The van der Waals surface area contributed by atoms with Crippen LogP contribution in [0.1, 0.15) is 18.9 Å². The van der Waals surface area contributed by atoms with Gasteiger partial charge < -0.3 is 14.4 Å². The molecule has 2 aromatic carbocycles. The van der Waals surface area contributed by atoms with Crippen molar-refractivity contribution in [3.63, 3.8) is 0 Å².